The number of nitrogens with two attached hydrogens (primary N) is 2. The van der Waals surface area contributed by atoms with E-state index in [1.54, 1.807) is 6.07 Å². The molecule has 0 aliphatic rings. The van der Waals surface area contributed by atoms with E-state index < -0.39 is 5.91 Å². The fraction of sp³-hybridized carbons (Fsp3) is 0.0714. The molecule has 19 heavy (non-hydrogen) atoms. The highest BCUT2D eigenvalue weighted by Crippen LogP contribution is 2.25. The molecule has 3 nitrogen and oxygen atoms in total. The molecule has 0 saturated carbocycles. The summed E-state index contributed by atoms with van der Waals surface area (Å²) in [6, 6.07) is 11.5. The van der Waals surface area contributed by atoms with Crippen molar-refractivity contribution in [3.8, 4) is 0 Å². The van der Waals surface area contributed by atoms with Gasteiger partial charge in [-0.05, 0) is 42.0 Å². The quantitative estimate of drug-likeness (QED) is 0.666. The largest absolute Gasteiger partial charge is 0.399 e. The van der Waals surface area contributed by atoms with Crippen LogP contribution in [0.3, 0.4) is 0 Å². The summed E-state index contributed by atoms with van der Waals surface area (Å²) in [5, 5.41) is 0. The molecule has 0 aliphatic heterocycles. The summed E-state index contributed by atoms with van der Waals surface area (Å²) >= 11 is 1.45. The van der Waals surface area contributed by atoms with Gasteiger partial charge >= 0.3 is 0 Å². The summed E-state index contributed by atoms with van der Waals surface area (Å²) in [5.74, 6) is -0.493. The van der Waals surface area contributed by atoms with Crippen molar-refractivity contribution in [2.75, 3.05) is 5.73 Å². The molecule has 0 spiro atoms. The van der Waals surface area contributed by atoms with E-state index in [2.05, 4.69) is 0 Å². The molecule has 2 aromatic carbocycles. The second-order valence-corrected chi connectivity index (χ2v) is 5.08. The van der Waals surface area contributed by atoms with E-state index in [4.69, 9.17) is 11.5 Å². The van der Waals surface area contributed by atoms with Crippen LogP contribution in [0.4, 0.5) is 10.1 Å². The molecule has 1 amide bonds. The number of carbonyl (C=O) groups excluding carboxylic acids is 1. The number of hydrogen-bond acceptors (Lipinski definition) is 3. The molecule has 0 radical (unpaired) electrons. The van der Waals surface area contributed by atoms with Crippen molar-refractivity contribution >= 4 is 23.4 Å². The third-order valence-electron chi connectivity index (χ3n) is 2.58. The second-order valence-electron chi connectivity index (χ2n) is 4.03. The summed E-state index contributed by atoms with van der Waals surface area (Å²) in [6.07, 6.45) is 0. The summed E-state index contributed by atoms with van der Waals surface area (Å²) in [5.41, 5.74) is 12.3. The monoisotopic (exact) mass is 276 g/mol. The number of nitrogen functional groups attached to an aromatic ring is 1. The van der Waals surface area contributed by atoms with E-state index in [1.807, 2.05) is 18.2 Å². The highest BCUT2D eigenvalue weighted by Gasteiger charge is 2.07. The minimum atomic E-state index is -0.560. The fourth-order valence-corrected chi connectivity index (χ4v) is 2.54. The standard InChI is InChI=1S/C14H13FN2OS/c15-13-5-4-9(14(17)18)6-10(13)8-19-12-3-1-2-11(16)7-12/h1-7H,8,16H2,(H2,17,18). The van der Waals surface area contributed by atoms with E-state index in [0.717, 1.165) is 4.90 Å². The zero-order chi connectivity index (χ0) is 13.8. The van der Waals surface area contributed by atoms with Crippen molar-refractivity contribution in [2.24, 2.45) is 5.73 Å². The Morgan fingerprint density at radius 2 is 2.00 bits per heavy atom. The van der Waals surface area contributed by atoms with Crippen molar-refractivity contribution in [3.63, 3.8) is 0 Å². The molecule has 0 bridgehead atoms. The lowest BCUT2D eigenvalue weighted by Crippen LogP contribution is -2.11. The van der Waals surface area contributed by atoms with Gasteiger partial charge in [0.2, 0.25) is 5.91 Å². The topological polar surface area (TPSA) is 69.1 Å². The maximum absolute atomic E-state index is 13.6. The first-order chi connectivity index (χ1) is 9.06. The van der Waals surface area contributed by atoms with E-state index in [1.165, 1.54) is 30.0 Å². The highest BCUT2D eigenvalue weighted by molar-refractivity contribution is 7.98. The summed E-state index contributed by atoms with van der Waals surface area (Å²) in [4.78, 5) is 12.0. The number of carbonyl (C=O) groups is 1. The zero-order valence-electron chi connectivity index (χ0n) is 10.1. The van der Waals surface area contributed by atoms with Gasteiger partial charge in [0.25, 0.3) is 0 Å². The molecule has 98 valence electrons. The van der Waals surface area contributed by atoms with E-state index in [9.17, 15) is 9.18 Å². The fourth-order valence-electron chi connectivity index (χ4n) is 1.60. The number of rotatable bonds is 4. The summed E-state index contributed by atoms with van der Waals surface area (Å²) in [6.45, 7) is 0. The Balaban J connectivity index is 2.15. The predicted molar refractivity (Wildman–Crippen MR) is 75.3 cm³/mol. The normalized spacial score (nSPS) is 10.4. The number of hydrogen-bond donors (Lipinski definition) is 2. The number of amides is 1. The van der Waals surface area contributed by atoms with Crippen LogP contribution in [0.1, 0.15) is 15.9 Å². The lowest BCUT2D eigenvalue weighted by atomic mass is 10.1. The van der Waals surface area contributed by atoms with Gasteiger partial charge in [-0.25, -0.2) is 4.39 Å². The third kappa shape index (κ3) is 3.48. The van der Waals surface area contributed by atoms with Crippen LogP contribution in [0.25, 0.3) is 0 Å². The maximum atomic E-state index is 13.6. The van der Waals surface area contributed by atoms with Gasteiger partial charge in [-0.1, -0.05) is 6.07 Å². The Morgan fingerprint density at radius 1 is 1.21 bits per heavy atom. The van der Waals surface area contributed by atoms with Gasteiger partial charge in [0.15, 0.2) is 0 Å². The molecule has 0 unspecified atom stereocenters. The van der Waals surface area contributed by atoms with Gasteiger partial charge in [-0.3, -0.25) is 4.79 Å². The molecule has 0 saturated heterocycles. The lowest BCUT2D eigenvalue weighted by Gasteiger charge is -2.06. The maximum Gasteiger partial charge on any atom is 0.248 e. The Hall–Kier alpha value is -2.01. The molecule has 0 aliphatic carbocycles. The average molecular weight is 276 g/mol. The number of thioether (sulfide) groups is 1. The summed E-state index contributed by atoms with van der Waals surface area (Å²) < 4.78 is 13.6. The molecular formula is C14H13FN2OS. The van der Waals surface area contributed by atoms with Crippen LogP contribution in [0.5, 0.6) is 0 Å². The zero-order valence-corrected chi connectivity index (χ0v) is 10.9. The molecule has 2 aromatic rings. The first-order valence-electron chi connectivity index (χ1n) is 5.63. The Labute approximate surface area is 114 Å². The number of anilines is 1. The number of halogens is 1. The van der Waals surface area contributed by atoms with Gasteiger partial charge in [-0.2, -0.15) is 0 Å². The highest BCUT2D eigenvalue weighted by atomic mass is 32.2. The van der Waals surface area contributed by atoms with Crippen molar-refractivity contribution < 1.29 is 9.18 Å². The molecule has 0 atom stereocenters. The molecule has 0 fully saturated rings. The minimum absolute atomic E-state index is 0.310. The van der Waals surface area contributed by atoms with Crippen LogP contribution in [0.15, 0.2) is 47.4 Å². The van der Waals surface area contributed by atoms with Crippen molar-refractivity contribution in [3.05, 3.63) is 59.4 Å². The predicted octanol–water partition coefficient (Wildman–Crippen LogP) is 2.80. The van der Waals surface area contributed by atoms with Crippen molar-refractivity contribution in [1.29, 1.82) is 0 Å². The van der Waals surface area contributed by atoms with Gasteiger partial charge in [0.05, 0.1) is 0 Å². The second kappa shape index (κ2) is 5.75. The van der Waals surface area contributed by atoms with Gasteiger partial charge < -0.3 is 11.5 Å². The van der Waals surface area contributed by atoms with E-state index in [0.29, 0.717) is 22.6 Å². The Bertz CT molecular complexity index is 616. The van der Waals surface area contributed by atoms with Crippen LogP contribution in [0.2, 0.25) is 0 Å². The molecule has 0 heterocycles. The smallest absolute Gasteiger partial charge is 0.248 e. The number of primary amides is 1. The lowest BCUT2D eigenvalue weighted by molar-refractivity contribution is 0.1000. The van der Waals surface area contributed by atoms with Gasteiger partial charge in [0.1, 0.15) is 5.82 Å². The Kier molecular flexibility index (Phi) is 4.06. The van der Waals surface area contributed by atoms with Crippen LogP contribution < -0.4 is 11.5 Å². The molecular weight excluding hydrogens is 263 g/mol. The molecule has 0 aromatic heterocycles. The van der Waals surface area contributed by atoms with Crippen molar-refractivity contribution in [1.82, 2.24) is 0 Å². The van der Waals surface area contributed by atoms with Crippen LogP contribution >= 0.6 is 11.8 Å². The van der Waals surface area contributed by atoms with Crippen LogP contribution in [-0.4, -0.2) is 5.91 Å². The van der Waals surface area contributed by atoms with Gasteiger partial charge in [-0.15, -0.1) is 11.8 Å². The van der Waals surface area contributed by atoms with E-state index >= 15 is 0 Å². The third-order valence-corrected chi connectivity index (χ3v) is 3.63. The summed E-state index contributed by atoms with van der Waals surface area (Å²) in [7, 11) is 0. The van der Waals surface area contributed by atoms with Gasteiger partial charge in [0, 0.05) is 21.9 Å². The first kappa shape index (κ1) is 13.4. The molecule has 2 rings (SSSR count). The molecule has 4 N–H and O–H groups in total. The molecule has 5 heteroatoms. The first-order valence-corrected chi connectivity index (χ1v) is 6.61. The SMILES string of the molecule is NC(=O)c1ccc(F)c(CSc2cccc(N)c2)c1. The average Bonchev–Trinajstić information content (AvgIpc) is 2.37. The minimum Gasteiger partial charge on any atom is -0.399 e. The van der Waals surface area contributed by atoms with Crippen molar-refractivity contribution in [2.45, 2.75) is 10.6 Å². The van der Waals surface area contributed by atoms with Crippen LogP contribution in [-0.2, 0) is 5.75 Å². The Morgan fingerprint density at radius 3 is 2.68 bits per heavy atom. The van der Waals surface area contributed by atoms with Crippen LogP contribution in [0, 0.1) is 5.82 Å². The number of benzene rings is 2. The van der Waals surface area contributed by atoms with E-state index in [-0.39, 0.29) is 5.82 Å².